The fraction of sp³-hybridized carbons (Fsp3) is 1.00. The van der Waals surface area contributed by atoms with E-state index in [-0.39, 0.29) is 18.9 Å². The summed E-state index contributed by atoms with van der Waals surface area (Å²) < 4.78 is 37.0. The quantitative estimate of drug-likeness (QED) is 0.660. The van der Waals surface area contributed by atoms with E-state index >= 15 is 0 Å². The highest BCUT2D eigenvalue weighted by atomic mass is 19.4. The van der Waals surface area contributed by atoms with E-state index < -0.39 is 12.1 Å². The van der Waals surface area contributed by atoms with Crippen LogP contribution >= 0.6 is 0 Å². The maximum atomic E-state index is 12.3. The molecular formula is C8H14F3N. The Morgan fingerprint density at radius 1 is 1.17 bits per heavy atom. The lowest BCUT2D eigenvalue weighted by molar-refractivity contribution is -0.195. The van der Waals surface area contributed by atoms with Crippen molar-refractivity contribution in [2.45, 2.75) is 31.9 Å². The van der Waals surface area contributed by atoms with Crippen LogP contribution in [0.15, 0.2) is 0 Å². The van der Waals surface area contributed by atoms with Crippen molar-refractivity contribution in [3.63, 3.8) is 0 Å². The molecule has 4 heteroatoms. The Labute approximate surface area is 70.1 Å². The first kappa shape index (κ1) is 9.84. The molecule has 0 bridgehead atoms. The van der Waals surface area contributed by atoms with E-state index in [1.54, 1.807) is 0 Å². The molecule has 1 fully saturated rings. The van der Waals surface area contributed by atoms with Gasteiger partial charge in [-0.05, 0) is 25.3 Å². The van der Waals surface area contributed by atoms with Crippen LogP contribution < -0.4 is 5.73 Å². The van der Waals surface area contributed by atoms with Gasteiger partial charge in [-0.15, -0.1) is 0 Å². The second-order valence-electron chi connectivity index (χ2n) is 3.43. The van der Waals surface area contributed by atoms with E-state index in [9.17, 15) is 13.2 Å². The van der Waals surface area contributed by atoms with Crippen LogP contribution in [0.2, 0.25) is 0 Å². The minimum absolute atomic E-state index is 0.171. The molecule has 0 saturated heterocycles. The van der Waals surface area contributed by atoms with Gasteiger partial charge in [0.05, 0.1) is 5.92 Å². The van der Waals surface area contributed by atoms with Crippen molar-refractivity contribution in [3.05, 3.63) is 0 Å². The fourth-order valence-corrected chi connectivity index (χ4v) is 1.92. The lowest BCUT2D eigenvalue weighted by atomic mass is 9.79. The van der Waals surface area contributed by atoms with Crippen molar-refractivity contribution >= 4 is 0 Å². The smallest absolute Gasteiger partial charge is 0.330 e. The van der Waals surface area contributed by atoms with E-state index in [4.69, 9.17) is 5.73 Å². The Hall–Kier alpha value is -0.250. The largest absolute Gasteiger partial charge is 0.392 e. The molecule has 1 aliphatic carbocycles. The van der Waals surface area contributed by atoms with Crippen LogP contribution in [0.1, 0.15) is 25.7 Å². The van der Waals surface area contributed by atoms with Gasteiger partial charge in [-0.2, -0.15) is 13.2 Å². The number of halogens is 3. The number of hydrogen-bond acceptors (Lipinski definition) is 1. The van der Waals surface area contributed by atoms with Gasteiger partial charge >= 0.3 is 6.18 Å². The highest BCUT2D eigenvalue weighted by Crippen LogP contribution is 2.40. The fourth-order valence-electron chi connectivity index (χ4n) is 1.92. The molecule has 72 valence electrons. The van der Waals surface area contributed by atoms with Crippen molar-refractivity contribution in [2.75, 3.05) is 6.54 Å². The Bertz CT molecular complexity index is 144. The van der Waals surface area contributed by atoms with Crippen molar-refractivity contribution in [1.82, 2.24) is 0 Å². The van der Waals surface area contributed by atoms with Crippen molar-refractivity contribution < 1.29 is 13.2 Å². The number of rotatable bonds is 1. The van der Waals surface area contributed by atoms with E-state index in [2.05, 4.69) is 0 Å². The molecule has 0 aliphatic heterocycles. The summed E-state index contributed by atoms with van der Waals surface area (Å²) in [6.07, 6.45) is -1.54. The minimum Gasteiger partial charge on any atom is -0.330 e. The summed E-state index contributed by atoms with van der Waals surface area (Å²) in [5.74, 6) is -1.48. The van der Waals surface area contributed by atoms with Crippen molar-refractivity contribution in [3.8, 4) is 0 Å². The molecule has 0 spiro atoms. The third kappa shape index (κ3) is 2.12. The van der Waals surface area contributed by atoms with Crippen molar-refractivity contribution in [2.24, 2.45) is 17.6 Å². The van der Waals surface area contributed by atoms with E-state index in [0.29, 0.717) is 12.8 Å². The molecule has 0 aromatic heterocycles. The first-order valence-electron chi connectivity index (χ1n) is 4.32. The second-order valence-corrected chi connectivity index (χ2v) is 3.43. The first-order valence-corrected chi connectivity index (χ1v) is 4.32. The zero-order valence-electron chi connectivity index (χ0n) is 6.90. The number of alkyl halides is 3. The average Bonchev–Trinajstić information content (AvgIpc) is 2.03. The Morgan fingerprint density at radius 2 is 1.75 bits per heavy atom. The van der Waals surface area contributed by atoms with Gasteiger partial charge < -0.3 is 5.73 Å². The summed E-state index contributed by atoms with van der Waals surface area (Å²) in [4.78, 5) is 0. The van der Waals surface area contributed by atoms with Gasteiger partial charge in [0.15, 0.2) is 0 Å². The minimum atomic E-state index is -4.04. The maximum Gasteiger partial charge on any atom is 0.392 e. The van der Waals surface area contributed by atoms with Crippen LogP contribution in [-0.4, -0.2) is 12.7 Å². The molecule has 2 atom stereocenters. The normalized spacial score (nSPS) is 32.0. The van der Waals surface area contributed by atoms with Gasteiger partial charge in [-0.1, -0.05) is 12.8 Å². The van der Waals surface area contributed by atoms with Crippen LogP contribution in [0.4, 0.5) is 13.2 Å². The third-order valence-corrected chi connectivity index (χ3v) is 2.63. The van der Waals surface area contributed by atoms with Crippen molar-refractivity contribution in [1.29, 1.82) is 0 Å². The summed E-state index contributed by atoms with van der Waals surface area (Å²) >= 11 is 0. The predicted molar refractivity (Wildman–Crippen MR) is 40.6 cm³/mol. The van der Waals surface area contributed by atoms with E-state index in [1.807, 2.05) is 0 Å². The summed E-state index contributed by atoms with van der Waals surface area (Å²) in [5.41, 5.74) is 5.29. The Morgan fingerprint density at radius 3 is 2.17 bits per heavy atom. The Kier molecular flexibility index (Phi) is 2.99. The summed E-state index contributed by atoms with van der Waals surface area (Å²) in [6, 6.07) is 0. The predicted octanol–water partition coefficient (Wildman–Crippen LogP) is 2.31. The lowest BCUT2D eigenvalue weighted by Crippen LogP contribution is -2.36. The monoisotopic (exact) mass is 181 g/mol. The van der Waals surface area contributed by atoms with Crippen LogP contribution in [0.5, 0.6) is 0 Å². The van der Waals surface area contributed by atoms with E-state index in [1.165, 1.54) is 0 Å². The molecule has 12 heavy (non-hydrogen) atoms. The molecule has 0 unspecified atom stereocenters. The second kappa shape index (κ2) is 3.64. The van der Waals surface area contributed by atoms with Gasteiger partial charge in [-0.3, -0.25) is 0 Å². The highest BCUT2D eigenvalue weighted by molar-refractivity contribution is 4.80. The lowest BCUT2D eigenvalue weighted by Gasteiger charge is -2.31. The summed E-state index contributed by atoms with van der Waals surface area (Å²) in [7, 11) is 0. The maximum absolute atomic E-state index is 12.3. The van der Waals surface area contributed by atoms with Gasteiger partial charge in [0, 0.05) is 0 Å². The molecule has 0 aromatic rings. The molecule has 1 rings (SSSR count). The molecule has 1 saturated carbocycles. The molecule has 1 aliphatic rings. The van der Waals surface area contributed by atoms with Gasteiger partial charge in [0.1, 0.15) is 0 Å². The molecule has 0 aromatic carbocycles. The van der Waals surface area contributed by atoms with E-state index in [0.717, 1.165) is 6.42 Å². The summed E-state index contributed by atoms with van der Waals surface area (Å²) in [6.45, 7) is 0.171. The van der Waals surface area contributed by atoms with Gasteiger partial charge in [0.25, 0.3) is 0 Å². The van der Waals surface area contributed by atoms with Crippen LogP contribution in [0, 0.1) is 11.8 Å². The van der Waals surface area contributed by atoms with Crippen LogP contribution in [0.25, 0.3) is 0 Å². The SMILES string of the molecule is NC[C@H]1CCCC[C@@H]1C(F)(F)F. The van der Waals surface area contributed by atoms with Crippen LogP contribution in [-0.2, 0) is 0 Å². The Balaban J connectivity index is 2.59. The first-order chi connectivity index (χ1) is 5.55. The molecule has 0 heterocycles. The highest BCUT2D eigenvalue weighted by Gasteiger charge is 2.44. The summed E-state index contributed by atoms with van der Waals surface area (Å²) in [5, 5.41) is 0. The standard InChI is InChI=1S/C8H14F3N/c9-8(10,11)7-4-2-1-3-6(7)5-12/h6-7H,1-5,12H2/t6-,7+/m1/s1. The third-order valence-electron chi connectivity index (χ3n) is 2.63. The zero-order chi connectivity index (χ0) is 9.19. The van der Waals surface area contributed by atoms with Crippen LogP contribution in [0.3, 0.4) is 0 Å². The molecule has 1 nitrogen and oxygen atoms in total. The molecule has 0 radical (unpaired) electrons. The van der Waals surface area contributed by atoms with Gasteiger partial charge in [-0.25, -0.2) is 0 Å². The molecule has 0 amide bonds. The number of hydrogen-bond donors (Lipinski definition) is 1. The van der Waals surface area contributed by atoms with Gasteiger partial charge in [0.2, 0.25) is 0 Å². The zero-order valence-corrected chi connectivity index (χ0v) is 6.90. The molecular weight excluding hydrogens is 167 g/mol. The number of nitrogens with two attached hydrogens (primary N) is 1. The molecule has 2 N–H and O–H groups in total. The topological polar surface area (TPSA) is 26.0 Å². The average molecular weight is 181 g/mol.